The Hall–Kier alpha value is -2.61. The molecule has 0 bridgehead atoms. The lowest BCUT2D eigenvalue weighted by Gasteiger charge is -2.11. The van der Waals surface area contributed by atoms with E-state index in [0.717, 1.165) is 24.1 Å². The molecule has 8 nitrogen and oxygen atoms in total. The van der Waals surface area contributed by atoms with Crippen LogP contribution in [0.1, 0.15) is 19.8 Å². The van der Waals surface area contributed by atoms with Gasteiger partial charge in [-0.3, -0.25) is 18.6 Å². The van der Waals surface area contributed by atoms with Gasteiger partial charge in [-0.1, -0.05) is 13.3 Å². The van der Waals surface area contributed by atoms with Gasteiger partial charge in [0.2, 0.25) is 0 Å². The molecule has 0 saturated carbocycles. The van der Waals surface area contributed by atoms with Gasteiger partial charge < -0.3 is 9.72 Å². The number of aromatic nitrogens is 5. The van der Waals surface area contributed by atoms with Gasteiger partial charge in [0.1, 0.15) is 5.52 Å². The maximum Gasteiger partial charge on any atom is 0.331 e. The van der Waals surface area contributed by atoms with Crippen molar-refractivity contribution in [2.45, 2.75) is 32.9 Å². The Bertz CT molecular complexity index is 992. The van der Waals surface area contributed by atoms with Crippen molar-refractivity contribution in [3.05, 3.63) is 39.3 Å². The summed E-state index contributed by atoms with van der Waals surface area (Å²) in [5, 5.41) is 4.16. The smallest absolute Gasteiger partial charge is 0.331 e. The van der Waals surface area contributed by atoms with Crippen LogP contribution < -0.4 is 11.2 Å². The molecule has 3 rings (SSSR count). The number of rotatable bonds is 7. The SMILES string of the molecule is CCCCn1c(=O)c2[nH]c(-c3cnn(C)c3)cc2n(CCOC)c1=O. The van der Waals surface area contributed by atoms with E-state index in [1.165, 1.54) is 4.57 Å². The van der Waals surface area contributed by atoms with Crippen LogP contribution in [0.25, 0.3) is 22.3 Å². The number of aromatic amines is 1. The van der Waals surface area contributed by atoms with Crippen LogP contribution in [0.3, 0.4) is 0 Å². The van der Waals surface area contributed by atoms with Crippen LogP contribution in [0.5, 0.6) is 0 Å². The normalized spacial score (nSPS) is 11.5. The fourth-order valence-corrected chi connectivity index (χ4v) is 2.92. The molecule has 0 aliphatic heterocycles. The van der Waals surface area contributed by atoms with Gasteiger partial charge in [0.05, 0.1) is 30.6 Å². The fraction of sp³-hybridized carbons (Fsp3) is 0.471. The second kappa shape index (κ2) is 7.10. The van der Waals surface area contributed by atoms with E-state index in [-0.39, 0.29) is 11.2 Å². The number of H-pyrrole nitrogens is 1. The lowest BCUT2D eigenvalue weighted by atomic mass is 10.2. The maximum absolute atomic E-state index is 12.8. The summed E-state index contributed by atoms with van der Waals surface area (Å²) in [5.74, 6) is 0. The van der Waals surface area contributed by atoms with E-state index >= 15 is 0 Å². The highest BCUT2D eigenvalue weighted by Gasteiger charge is 2.16. The molecule has 3 aromatic rings. The van der Waals surface area contributed by atoms with E-state index in [2.05, 4.69) is 10.1 Å². The number of aryl methyl sites for hydroxylation is 1. The summed E-state index contributed by atoms with van der Waals surface area (Å²) in [5.41, 5.74) is 2.09. The number of hydrogen-bond acceptors (Lipinski definition) is 4. The fourth-order valence-electron chi connectivity index (χ4n) is 2.92. The molecule has 8 heteroatoms. The molecule has 0 aliphatic carbocycles. The molecule has 0 atom stereocenters. The first-order valence-electron chi connectivity index (χ1n) is 8.41. The van der Waals surface area contributed by atoms with E-state index in [4.69, 9.17) is 4.74 Å². The summed E-state index contributed by atoms with van der Waals surface area (Å²) in [4.78, 5) is 28.8. The average molecular weight is 345 g/mol. The van der Waals surface area contributed by atoms with Crippen LogP contribution in [-0.2, 0) is 24.9 Å². The molecule has 0 amide bonds. The van der Waals surface area contributed by atoms with Crippen molar-refractivity contribution in [1.82, 2.24) is 23.9 Å². The zero-order valence-corrected chi connectivity index (χ0v) is 14.8. The van der Waals surface area contributed by atoms with Crippen molar-refractivity contribution in [3.8, 4) is 11.3 Å². The van der Waals surface area contributed by atoms with E-state index in [9.17, 15) is 9.59 Å². The van der Waals surface area contributed by atoms with Crippen LogP contribution in [0.2, 0.25) is 0 Å². The van der Waals surface area contributed by atoms with E-state index < -0.39 is 0 Å². The molecule has 0 unspecified atom stereocenters. The first kappa shape index (κ1) is 17.2. The molecule has 0 aromatic carbocycles. The summed E-state index contributed by atoms with van der Waals surface area (Å²) in [6.07, 6.45) is 5.27. The van der Waals surface area contributed by atoms with Gasteiger partial charge in [0.25, 0.3) is 5.56 Å². The number of ether oxygens (including phenoxy) is 1. The van der Waals surface area contributed by atoms with Gasteiger partial charge in [0, 0.05) is 32.5 Å². The molecule has 1 N–H and O–H groups in total. The minimum Gasteiger partial charge on any atom is -0.383 e. The highest BCUT2D eigenvalue weighted by atomic mass is 16.5. The van der Waals surface area contributed by atoms with Gasteiger partial charge in [-0.05, 0) is 12.5 Å². The largest absolute Gasteiger partial charge is 0.383 e. The average Bonchev–Trinajstić information content (AvgIpc) is 3.21. The third kappa shape index (κ3) is 3.17. The monoisotopic (exact) mass is 345 g/mol. The summed E-state index contributed by atoms with van der Waals surface area (Å²) in [7, 11) is 3.42. The Labute approximate surface area is 144 Å². The number of nitrogens with one attached hydrogen (secondary N) is 1. The van der Waals surface area contributed by atoms with Gasteiger partial charge in [-0.2, -0.15) is 5.10 Å². The molecule has 0 radical (unpaired) electrons. The molecule has 3 heterocycles. The zero-order valence-electron chi connectivity index (χ0n) is 14.8. The summed E-state index contributed by atoms with van der Waals surface area (Å²) in [6, 6.07) is 1.83. The van der Waals surface area contributed by atoms with Gasteiger partial charge in [-0.25, -0.2) is 4.79 Å². The van der Waals surface area contributed by atoms with E-state index in [0.29, 0.717) is 30.7 Å². The minimum absolute atomic E-state index is 0.280. The Kier molecular flexibility index (Phi) is 4.89. The molecule has 0 aliphatic rings. The maximum atomic E-state index is 12.8. The Morgan fingerprint density at radius 1 is 1.24 bits per heavy atom. The third-order valence-corrected chi connectivity index (χ3v) is 4.28. The Balaban J connectivity index is 2.22. The molecule has 0 fully saturated rings. The highest BCUT2D eigenvalue weighted by molar-refractivity contribution is 5.82. The van der Waals surface area contributed by atoms with Gasteiger partial charge >= 0.3 is 5.69 Å². The quantitative estimate of drug-likeness (QED) is 0.700. The number of fused-ring (bicyclic) bond motifs is 1. The third-order valence-electron chi connectivity index (χ3n) is 4.28. The standard InChI is InChI=1S/C17H23N5O3/c1-4-5-6-22-16(23)15-14(21(17(22)24)7-8-25-3)9-13(19-15)12-10-18-20(2)11-12/h9-11,19H,4-8H2,1-3H3. The Morgan fingerprint density at radius 3 is 2.68 bits per heavy atom. The molecule has 3 aromatic heterocycles. The summed E-state index contributed by atoms with van der Waals surface area (Å²) < 4.78 is 9.73. The summed E-state index contributed by atoms with van der Waals surface area (Å²) >= 11 is 0. The van der Waals surface area contributed by atoms with E-state index in [1.54, 1.807) is 22.6 Å². The summed E-state index contributed by atoms with van der Waals surface area (Å²) in [6.45, 7) is 3.23. The first-order chi connectivity index (χ1) is 12.1. The van der Waals surface area contributed by atoms with E-state index in [1.807, 2.05) is 26.2 Å². The van der Waals surface area contributed by atoms with Crippen LogP contribution in [-0.4, -0.2) is 37.6 Å². The number of nitrogens with zero attached hydrogens (tertiary/aromatic N) is 4. The predicted molar refractivity (Wildman–Crippen MR) is 95.8 cm³/mol. The topological polar surface area (TPSA) is 86.8 Å². The lowest BCUT2D eigenvalue weighted by Crippen LogP contribution is -2.40. The molecular formula is C17H23N5O3. The molecule has 0 spiro atoms. The molecule has 0 saturated heterocycles. The van der Waals surface area contributed by atoms with Crippen molar-refractivity contribution in [1.29, 1.82) is 0 Å². The lowest BCUT2D eigenvalue weighted by molar-refractivity contribution is 0.186. The Morgan fingerprint density at radius 2 is 2.04 bits per heavy atom. The second-order valence-corrected chi connectivity index (χ2v) is 6.08. The molecule has 134 valence electrons. The van der Waals surface area contributed by atoms with Crippen molar-refractivity contribution in [3.63, 3.8) is 0 Å². The number of hydrogen-bond donors (Lipinski definition) is 1. The van der Waals surface area contributed by atoms with Gasteiger partial charge in [0.15, 0.2) is 0 Å². The van der Waals surface area contributed by atoms with Crippen LogP contribution in [0.4, 0.5) is 0 Å². The van der Waals surface area contributed by atoms with Crippen LogP contribution in [0, 0.1) is 0 Å². The molecule has 25 heavy (non-hydrogen) atoms. The number of unbranched alkanes of at least 4 members (excludes halogenated alkanes) is 1. The van der Waals surface area contributed by atoms with Crippen molar-refractivity contribution >= 4 is 11.0 Å². The van der Waals surface area contributed by atoms with Gasteiger partial charge in [-0.15, -0.1) is 0 Å². The van der Waals surface area contributed by atoms with Crippen molar-refractivity contribution in [2.24, 2.45) is 7.05 Å². The zero-order chi connectivity index (χ0) is 18.0. The van der Waals surface area contributed by atoms with Crippen LogP contribution >= 0.6 is 0 Å². The molecular weight excluding hydrogens is 322 g/mol. The minimum atomic E-state index is -0.292. The van der Waals surface area contributed by atoms with Crippen molar-refractivity contribution in [2.75, 3.05) is 13.7 Å². The second-order valence-electron chi connectivity index (χ2n) is 6.08. The number of methoxy groups -OCH3 is 1. The first-order valence-corrected chi connectivity index (χ1v) is 8.41. The highest BCUT2D eigenvalue weighted by Crippen LogP contribution is 2.21. The van der Waals surface area contributed by atoms with Crippen molar-refractivity contribution < 1.29 is 4.74 Å². The van der Waals surface area contributed by atoms with Crippen LogP contribution in [0.15, 0.2) is 28.0 Å². The predicted octanol–water partition coefficient (Wildman–Crippen LogP) is 1.34.